The van der Waals surface area contributed by atoms with Crippen LogP contribution in [0.5, 0.6) is 0 Å². The first-order valence-electron chi connectivity index (χ1n) is 6.36. The van der Waals surface area contributed by atoms with E-state index in [4.69, 9.17) is 10.00 Å². The average molecular weight is 260 g/mol. The summed E-state index contributed by atoms with van der Waals surface area (Å²) in [5.74, 6) is -0.203. The molecule has 0 aliphatic carbocycles. The SMILES string of the molecule is COC(=O)C(NC(CC#N)c1ccccc1)C(C)C. The standard InChI is InChI=1S/C15H20N2O2/c1-11(2)14(15(18)19-3)17-13(9-10-16)12-7-5-4-6-8-12/h4-8,11,13-14,17H,9H2,1-3H3. The van der Waals surface area contributed by atoms with Crippen LogP contribution in [-0.4, -0.2) is 19.1 Å². The molecular formula is C15H20N2O2. The van der Waals surface area contributed by atoms with E-state index < -0.39 is 6.04 Å². The van der Waals surface area contributed by atoms with Gasteiger partial charge in [-0.25, -0.2) is 0 Å². The number of esters is 1. The van der Waals surface area contributed by atoms with Gasteiger partial charge < -0.3 is 4.74 Å². The number of nitriles is 1. The maximum Gasteiger partial charge on any atom is 0.323 e. The minimum atomic E-state index is -0.413. The maximum absolute atomic E-state index is 11.8. The first-order chi connectivity index (χ1) is 9.10. The minimum absolute atomic E-state index is 0.0948. The first-order valence-corrected chi connectivity index (χ1v) is 6.36. The van der Waals surface area contributed by atoms with E-state index in [1.165, 1.54) is 7.11 Å². The summed E-state index contributed by atoms with van der Waals surface area (Å²) in [4.78, 5) is 11.8. The van der Waals surface area contributed by atoms with Crippen LogP contribution in [0.3, 0.4) is 0 Å². The molecule has 0 spiro atoms. The third-order valence-electron chi connectivity index (χ3n) is 3.00. The van der Waals surface area contributed by atoms with Gasteiger partial charge in [0.25, 0.3) is 0 Å². The third-order valence-corrected chi connectivity index (χ3v) is 3.00. The molecule has 0 amide bonds. The lowest BCUT2D eigenvalue weighted by Gasteiger charge is -2.25. The van der Waals surface area contributed by atoms with Crippen molar-refractivity contribution in [3.63, 3.8) is 0 Å². The van der Waals surface area contributed by atoms with Crippen molar-refractivity contribution < 1.29 is 9.53 Å². The Labute approximate surface area is 114 Å². The van der Waals surface area contributed by atoms with Crippen molar-refractivity contribution in [3.8, 4) is 6.07 Å². The normalized spacial score (nSPS) is 13.6. The number of hydrogen-bond donors (Lipinski definition) is 1. The van der Waals surface area contributed by atoms with Gasteiger partial charge in [-0.1, -0.05) is 44.2 Å². The summed E-state index contributed by atoms with van der Waals surface area (Å²) in [5, 5.41) is 12.2. The summed E-state index contributed by atoms with van der Waals surface area (Å²) in [5.41, 5.74) is 0.999. The Morgan fingerprint density at radius 2 is 2.00 bits per heavy atom. The Hall–Kier alpha value is -1.86. The molecule has 0 aliphatic heterocycles. The van der Waals surface area contributed by atoms with Gasteiger partial charge in [0.1, 0.15) is 6.04 Å². The highest BCUT2D eigenvalue weighted by molar-refractivity contribution is 5.76. The van der Waals surface area contributed by atoms with E-state index in [0.717, 1.165) is 5.56 Å². The second-order valence-corrected chi connectivity index (χ2v) is 4.74. The van der Waals surface area contributed by atoms with E-state index in [1.54, 1.807) is 0 Å². The van der Waals surface area contributed by atoms with Gasteiger partial charge in [-0.2, -0.15) is 5.26 Å². The highest BCUT2D eigenvalue weighted by Gasteiger charge is 2.26. The Morgan fingerprint density at radius 3 is 2.47 bits per heavy atom. The molecule has 4 heteroatoms. The molecule has 0 aromatic heterocycles. The third kappa shape index (κ3) is 4.38. The molecule has 102 valence electrons. The van der Waals surface area contributed by atoms with Crippen molar-refractivity contribution >= 4 is 5.97 Å². The summed E-state index contributed by atoms with van der Waals surface area (Å²) in [7, 11) is 1.38. The fraction of sp³-hybridized carbons (Fsp3) is 0.467. The van der Waals surface area contributed by atoms with Crippen LogP contribution in [0.2, 0.25) is 0 Å². The fourth-order valence-corrected chi connectivity index (χ4v) is 1.93. The zero-order valence-electron chi connectivity index (χ0n) is 11.6. The number of carbonyl (C=O) groups is 1. The van der Waals surface area contributed by atoms with Crippen LogP contribution < -0.4 is 5.32 Å². The first kappa shape index (κ1) is 15.2. The lowest BCUT2D eigenvalue weighted by atomic mass is 9.99. The van der Waals surface area contributed by atoms with Gasteiger partial charge in [0, 0.05) is 6.04 Å². The molecule has 1 aromatic carbocycles. The van der Waals surface area contributed by atoms with Crippen LogP contribution in [0.15, 0.2) is 30.3 Å². The van der Waals surface area contributed by atoms with Crippen molar-refractivity contribution in [2.24, 2.45) is 5.92 Å². The number of carbonyl (C=O) groups excluding carboxylic acids is 1. The van der Waals surface area contributed by atoms with Crippen LogP contribution >= 0.6 is 0 Å². The molecule has 2 unspecified atom stereocenters. The molecule has 0 radical (unpaired) electrons. The summed E-state index contributed by atoms with van der Waals surface area (Å²) >= 11 is 0. The molecule has 0 heterocycles. The number of nitrogens with zero attached hydrogens (tertiary/aromatic N) is 1. The van der Waals surface area contributed by atoms with Crippen molar-refractivity contribution in [3.05, 3.63) is 35.9 Å². The largest absolute Gasteiger partial charge is 0.468 e. The highest BCUT2D eigenvalue weighted by Crippen LogP contribution is 2.19. The quantitative estimate of drug-likeness (QED) is 0.798. The van der Waals surface area contributed by atoms with E-state index in [1.807, 2.05) is 44.2 Å². The molecule has 0 saturated carbocycles. The zero-order valence-corrected chi connectivity index (χ0v) is 11.6. The van der Waals surface area contributed by atoms with Crippen LogP contribution in [0.4, 0.5) is 0 Å². The van der Waals surface area contributed by atoms with Crippen LogP contribution in [0, 0.1) is 17.2 Å². The van der Waals surface area contributed by atoms with Gasteiger partial charge in [0.2, 0.25) is 0 Å². The number of benzene rings is 1. The number of ether oxygens (including phenoxy) is 1. The fourth-order valence-electron chi connectivity index (χ4n) is 1.93. The lowest BCUT2D eigenvalue weighted by Crippen LogP contribution is -2.43. The van der Waals surface area contributed by atoms with Crippen LogP contribution in [0.1, 0.15) is 31.9 Å². The van der Waals surface area contributed by atoms with Crippen molar-refractivity contribution in [2.45, 2.75) is 32.4 Å². The Balaban J connectivity index is 2.89. The molecule has 1 N–H and O–H groups in total. The summed E-state index contributed by atoms with van der Waals surface area (Å²) in [6, 6.07) is 11.2. The second-order valence-electron chi connectivity index (χ2n) is 4.74. The van der Waals surface area contributed by atoms with Crippen molar-refractivity contribution in [2.75, 3.05) is 7.11 Å². The van der Waals surface area contributed by atoms with Crippen molar-refractivity contribution in [1.29, 1.82) is 5.26 Å². The molecule has 0 aliphatic rings. The number of rotatable bonds is 6. The van der Waals surface area contributed by atoms with Crippen LogP contribution in [-0.2, 0) is 9.53 Å². The van der Waals surface area contributed by atoms with E-state index in [2.05, 4.69) is 11.4 Å². The van der Waals surface area contributed by atoms with Gasteiger partial charge in [-0.15, -0.1) is 0 Å². The number of nitrogens with one attached hydrogen (secondary N) is 1. The zero-order chi connectivity index (χ0) is 14.3. The average Bonchev–Trinajstić information content (AvgIpc) is 2.43. The van der Waals surface area contributed by atoms with Crippen LogP contribution in [0.25, 0.3) is 0 Å². The van der Waals surface area contributed by atoms with E-state index in [-0.39, 0.29) is 17.9 Å². The molecule has 0 saturated heterocycles. The van der Waals surface area contributed by atoms with E-state index in [9.17, 15) is 4.79 Å². The minimum Gasteiger partial charge on any atom is -0.468 e. The Bertz CT molecular complexity index is 437. The smallest absolute Gasteiger partial charge is 0.323 e. The number of methoxy groups -OCH3 is 1. The molecule has 19 heavy (non-hydrogen) atoms. The van der Waals surface area contributed by atoms with Gasteiger partial charge in [-0.05, 0) is 11.5 Å². The molecule has 0 bridgehead atoms. The Kier molecular flexibility index (Phi) is 6.04. The van der Waals surface area contributed by atoms with E-state index >= 15 is 0 Å². The van der Waals surface area contributed by atoms with E-state index in [0.29, 0.717) is 6.42 Å². The predicted octanol–water partition coefficient (Wildman–Crippen LogP) is 2.43. The monoisotopic (exact) mass is 260 g/mol. The van der Waals surface area contributed by atoms with Gasteiger partial charge in [0.15, 0.2) is 0 Å². The van der Waals surface area contributed by atoms with Gasteiger partial charge in [0.05, 0.1) is 19.6 Å². The topological polar surface area (TPSA) is 62.1 Å². The number of hydrogen-bond acceptors (Lipinski definition) is 4. The maximum atomic E-state index is 11.8. The van der Waals surface area contributed by atoms with Crippen molar-refractivity contribution in [1.82, 2.24) is 5.32 Å². The van der Waals surface area contributed by atoms with Gasteiger partial charge >= 0.3 is 5.97 Å². The molecule has 1 rings (SSSR count). The summed E-state index contributed by atoms with van der Waals surface area (Å²) in [6.07, 6.45) is 0.310. The molecule has 1 aromatic rings. The molecular weight excluding hydrogens is 240 g/mol. The molecule has 2 atom stereocenters. The molecule has 4 nitrogen and oxygen atoms in total. The highest BCUT2D eigenvalue weighted by atomic mass is 16.5. The molecule has 0 fully saturated rings. The lowest BCUT2D eigenvalue weighted by molar-refractivity contribution is -0.144. The van der Waals surface area contributed by atoms with Gasteiger partial charge in [-0.3, -0.25) is 10.1 Å². The summed E-state index contributed by atoms with van der Waals surface area (Å²) in [6.45, 7) is 3.89. The second kappa shape index (κ2) is 7.55. The summed E-state index contributed by atoms with van der Waals surface area (Å²) < 4.78 is 4.80. The predicted molar refractivity (Wildman–Crippen MR) is 73.2 cm³/mol. The Morgan fingerprint density at radius 1 is 1.37 bits per heavy atom.